The van der Waals surface area contributed by atoms with Gasteiger partial charge in [-0.05, 0) is 31.2 Å². The van der Waals surface area contributed by atoms with Gasteiger partial charge in [0, 0.05) is 18.7 Å². The van der Waals surface area contributed by atoms with Crippen LogP contribution in [0.3, 0.4) is 0 Å². The average molecular weight is 297 g/mol. The van der Waals surface area contributed by atoms with Gasteiger partial charge in [-0.15, -0.1) is 0 Å². The summed E-state index contributed by atoms with van der Waals surface area (Å²) in [5.41, 5.74) is 6.83. The molecule has 0 heterocycles. The Bertz CT molecular complexity index is 592. The lowest BCUT2D eigenvalue weighted by molar-refractivity contribution is 0.318. The Balaban J connectivity index is 2.70. The minimum Gasteiger partial charge on any atom is -0.409 e. The first-order valence-corrected chi connectivity index (χ1v) is 7.68. The summed E-state index contributed by atoms with van der Waals surface area (Å²) in [6.45, 7) is 6.55. The predicted molar refractivity (Wildman–Crippen MR) is 78.7 cm³/mol. The van der Waals surface area contributed by atoms with E-state index in [1.165, 1.54) is 24.3 Å². The Kier molecular flexibility index (Phi) is 5.72. The first-order valence-electron chi connectivity index (χ1n) is 6.02. The number of amidine groups is 1. The van der Waals surface area contributed by atoms with Gasteiger partial charge in [0.1, 0.15) is 0 Å². The second-order valence-corrected chi connectivity index (χ2v) is 6.57. The van der Waals surface area contributed by atoms with Gasteiger partial charge in [-0.1, -0.05) is 17.3 Å². The van der Waals surface area contributed by atoms with Gasteiger partial charge in [-0.2, -0.15) is 0 Å². The molecule has 110 valence electrons. The van der Waals surface area contributed by atoms with Gasteiger partial charge in [-0.3, -0.25) is 0 Å². The van der Waals surface area contributed by atoms with Crippen LogP contribution in [0.25, 0.3) is 0 Å². The Morgan fingerprint density at radius 3 is 2.50 bits per heavy atom. The predicted octanol–water partition coefficient (Wildman–Crippen LogP) is 0.721. The van der Waals surface area contributed by atoms with E-state index in [1.54, 1.807) is 0 Å². The molecule has 1 aromatic rings. The largest absolute Gasteiger partial charge is 0.409 e. The first-order chi connectivity index (χ1) is 9.36. The van der Waals surface area contributed by atoms with E-state index in [2.05, 4.69) is 17.1 Å². The minimum absolute atomic E-state index is 0.00317. The van der Waals surface area contributed by atoms with Crippen LogP contribution < -0.4 is 11.1 Å². The van der Waals surface area contributed by atoms with Gasteiger partial charge in [0.05, 0.1) is 10.6 Å². The Hall–Kier alpha value is -1.86. The number of nitrogens with zero attached hydrogens (tertiary/aromatic N) is 1. The molecule has 0 saturated carbocycles. The molecular formula is C13H19N3O3S. The summed E-state index contributed by atoms with van der Waals surface area (Å²) < 4.78 is 24.1. The quantitative estimate of drug-likeness (QED) is 0.172. The molecule has 0 aliphatic carbocycles. The maximum Gasteiger partial charge on any atom is 0.179 e. The van der Waals surface area contributed by atoms with Gasteiger partial charge in [0.2, 0.25) is 0 Å². The highest BCUT2D eigenvalue weighted by atomic mass is 32.2. The zero-order chi connectivity index (χ0) is 15.2. The van der Waals surface area contributed by atoms with Crippen molar-refractivity contribution in [2.24, 2.45) is 10.9 Å². The lowest BCUT2D eigenvalue weighted by Gasteiger charge is -2.07. The van der Waals surface area contributed by atoms with E-state index in [0.29, 0.717) is 18.7 Å². The van der Waals surface area contributed by atoms with Crippen molar-refractivity contribution < 1.29 is 13.6 Å². The molecule has 0 atom stereocenters. The Morgan fingerprint density at radius 1 is 1.40 bits per heavy atom. The van der Waals surface area contributed by atoms with Crippen LogP contribution in [-0.2, 0) is 9.84 Å². The van der Waals surface area contributed by atoms with Crippen LogP contribution >= 0.6 is 0 Å². The number of oxime groups is 1. The third-order valence-electron chi connectivity index (χ3n) is 2.59. The smallest absolute Gasteiger partial charge is 0.179 e. The first kappa shape index (κ1) is 16.2. The molecule has 0 fully saturated rings. The highest BCUT2D eigenvalue weighted by Crippen LogP contribution is 2.12. The molecular weight excluding hydrogens is 278 g/mol. The molecule has 0 saturated heterocycles. The zero-order valence-corrected chi connectivity index (χ0v) is 12.2. The Labute approximate surface area is 118 Å². The van der Waals surface area contributed by atoms with Crippen molar-refractivity contribution in [3.63, 3.8) is 0 Å². The molecule has 0 spiro atoms. The molecule has 0 amide bonds. The van der Waals surface area contributed by atoms with E-state index in [0.717, 1.165) is 5.57 Å². The summed E-state index contributed by atoms with van der Waals surface area (Å²) in [5, 5.41) is 14.4. The topological polar surface area (TPSA) is 105 Å². The van der Waals surface area contributed by atoms with Crippen molar-refractivity contribution in [1.29, 1.82) is 0 Å². The summed E-state index contributed by atoms with van der Waals surface area (Å²) in [6, 6.07) is 5.90. The number of nitrogens with one attached hydrogen (secondary N) is 1. The molecule has 0 radical (unpaired) electrons. The third-order valence-corrected chi connectivity index (χ3v) is 4.32. The molecule has 0 aliphatic heterocycles. The summed E-state index contributed by atoms with van der Waals surface area (Å²) in [4.78, 5) is 0.212. The molecule has 20 heavy (non-hydrogen) atoms. The number of nitrogens with two attached hydrogens (primary N) is 1. The van der Waals surface area contributed by atoms with Crippen LogP contribution in [0.5, 0.6) is 0 Å². The van der Waals surface area contributed by atoms with Crippen molar-refractivity contribution in [1.82, 2.24) is 5.32 Å². The standard InChI is InChI=1S/C13H19N3O3S/c1-10(2)9-15-7-8-20(18,19)12-5-3-11(4-6-12)13(14)16-17/h3-6,15,17H,1,7-9H2,2H3,(H2,14,16). The average Bonchev–Trinajstić information content (AvgIpc) is 2.43. The normalized spacial score (nSPS) is 12.3. The molecule has 0 unspecified atom stereocenters. The fourth-order valence-corrected chi connectivity index (χ4v) is 2.72. The molecule has 0 aliphatic rings. The summed E-state index contributed by atoms with van der Waals surface area (Å²) >= 11 is 0. The van der Waals surface area contributed by atoms with Gasteiger partial charge >= 0.3 is 0 Å². The maximum absolute atomic E-state index is 12.1. The van der Waals surface area contributed by atoms with Crippen LogP contribution in [0.4, 0.5) is 0 Å². The van der Waals surface area contributed by atoms with E-state index < -0.39 is 9.84 Å². The van der Waals surface area contributed by atoms with Crippen LogP contribution in [0.15, 0.2) is 46.5 Å². The number of sulfone groups is 1. The van der Waals surface area contributed by atoms with E-state index in [1.807, 2.05) is 6.92 Å². The monoisotopic (exact) mass is 297 g/mol. The molecule has 1 rings (SSSR count). The molecule has 4 N–H and O–H groups in total. The fourth-order valence-electron chi connectivity index (χ4n) is 1.52. The molecule has 7 heteroatoms. The van der Waals surface area contributed by atoms with Crippen LogP contribution in [0.1, 0.15) is 12.5 Å². The van der Waals surface area contributed by atoms with E-state index >= 15 is 0 Å². The maximum atomic E-state index is 12.1. The second-order valence-electron chi connectivity index (χ2n) is 4.46. The lowest BCUT2D eigenvalue weighted by Crippen LogP contribution is -2.24. The van der Waals surface area contributed by atoms with Crippen LogP contribution in [0.2, 0.25) is 0 Å². The van der Waals surface area contributed by atoms with Crippen molar-refractivity contribution >= 4 is 15.7 Å². The number of hydrogen-bond acceptors (Lipinski definition) is 5. The van der Waals surface area contributed by atoms with E-state index in [9.17, 15) is 8.42 Å². The second kappa shape index (κ2) is 7.06. The van der Waals surface area contributed by atoms with Crippen LogP contribution in [0, 0.1) is 0 Å². The third kappa shape index (κ3) is 4.67. The Morgan fingerprint density at radius 2 is 2.00 bits per heavy atom. The van der Waals surface area contributed by atoms with Crippen molar-refractivity contribution in [2.45, 2.75) is 11.8 Å². The number of hydrogen-bond donors (Lipinski definition) is 3. The summed E-state index contributed by atoms with van der Waals surface area (Å²) in [7, 11) is -3.34. The summed E-state index contributed by atoms with van der Waals surface area (Å²) in [6.07, 6.45) is 0. The molecule has 1 aromatic carbocycles. The van der Waals surface area contributed by atoms with Gasteiger partial charge in [0.15, 0.2) is 15.7 Å². The number of rotatable bonds is 7. The van der Waals surface area contributed by atoms with Gasteiger partial charge < -0.3 is 16.3 Å². The van der Waals surface area contributed by atoms with Crippen LogP contribution in [-0.4, -0.2) is 38.3 Å². The lowest BCUT2D eigenvalue weighted by atomic mass is 10.2. The highest BCUT2D eigenvalue weighted by molar-refractivity contribution is 7.91. The molecule has 0 bridgehead atoms. The minimum atomic E-state index is -3.34. The van der Waals surface area contributed by atoms with Crippen molar-refractivity contribution in [3.05, 3.63) is 42.0 Å². The van der Waals surface area contributed by atoms with Gasteiger partial charge in [-0.25, -0.2) is 8.42 Å². The molecule has 0 aromatic heterocycles. The highest BCUT2D eigenvalue weighted by Gasteiger charge is 2.14. The van der Waals surface area contributed by atoms with E-state index in [4.69, 9.17) is 10.9 Å². The summed E-state index contributed by atoms with van der Waals surface area (Å²) in [5.74, 6) is -0.0551. The molecule has 6 nitrogen and oxygen atoms in total. The SMILES string of the molecule is C=C(C)CNCCS(=O)(=O)c1ccc(/C(N)=N/O)cc1. The van der Waals surface area contributed by atoms with Gasteiger partial charge in [0.25, 0.3) is 0 Å². The number of benzene rings is 1. The van der Waals surface area contributed by atoms with E-state index in [-0.39, 0.29) is 16.5 Å². The van der Waals surface area contributed by atoms with Crippen molar-refractivity contribution in [3.8, 4) is 0 Å². The van der Waals surface area contributed by atoms with Crippen molar-refractivity contribution in [2.75, 3.05) is 18.8 Å². The fraction of sp³-hybridized carbons (Fsp3) is 0.308. The zero-order valence-electron chi connectivity index (χ0n) is 11.3.